The number of aliphatic carboxylic acids is 1. The molecular weight excluding hydrogens is 382 g/mol. The fourth-order valence-corrected chi connectivity index (χ4v) is 5.76. The van der Waals surface area contributed by atoms with Gasteiger partial charge in [-0.3, -0.25) is 4.79 Å². The highest BCUT2D eigenvalue weighted by Gasteiger charge is 2.48. The Labute approximate surface area is 177 Å². The molecule has 4 bridgehead atoms. The zero-order valence-electron chi connectivity index (χ0n) is 18.1. The number of hydrogen-bond donors (Lipinski definition) is 2. The van der Waals surface area contributed by atoms with Gasteiger partial charge in [0.15, 0.2) is 0 Å². The van der Waals surface area contributed by atoms with Crippen LogP contribution in [0.4, 0.5) is 0 Å². The van der Waals surface area contributed by atoms with E-state index < -0.39 is 5.97 Å². The molecule has 4 saturated carbocycles. The lowest BCUT2D eigenvalue weighted by Gasteiger charge is -2.54. The molecule has 2 N–H and O–H groups in total. The van der Waals surface area contributed by atoms with Crippen LogP contribution in [0, 0.1) is 29.6 Å². The number of rotatable bonds is 8. The second kappa shape index (κ2) is 8.44. The average molecular weight is 416 g/mol. The molecule has 0 aliphatic heterocycles. The van der Waals surface area contributed by atoms with E-state index >= 15 is 0 Å². The molecule has 164 valence electrons. The highest BCUT2D eigenvalue weighted by molar-refractivity contribution is 5.96. The van der Waals surface area contributed by atoms with E-state index in [1.807, 2.05) is 13.8 Å². The minimum absolute atomic E-state index is 0.128. The van der Waals surface area contributed by atoms with Crippen LogP contribution >= 0.6 is 0 Å². The molecule has 7 heteroatoms. The Morgan fingerprint density at radius 1 is 1.23 bits per heavy atom. The van der Waals surface area contributed by atoms with E-state index in [0.29, 0.717) is 35.8 Å². The maximum Gasteiger partial charge on any atom is 0.331 e. The number of carbonyl (C=O) groups excluding carboxylic acids is 1. The van der Waals surface area contributed by atoms with Gasteiger partial charge in [0.25, 0.3) is 5.91 Å². The molecule has 1 amide bonds. The molecule has 0 atom stereocenters. The second-order valence-corrected chi connectivity index (χ2v) is 9.87. The van der Waals surface area contributed by atoms with Crippen molar-refractivity contribution in [1.29, 1.82) is 0 Å². The minimum Gasteiger partial charge on any atom is -0.478 e. The van der Waals surface area contributed by atoms with Gasteiger partial charge in [-0.25, -0.2) is 9.48 Å². The van der Waals surface area contributed by atoms with Crippen molar-refractivity contribution < 1.29 is 19.4 Å². The Kier molecular flexibility index (Phi) is 5.89. The summed E-state index contributed by atoms with van der Waals surface area (Å²) in [5.41, 5.74) is 0.672. The van der Waals surface area contributed by atoms with Crippen LogP contribution in [0.3, 0.4) is 0 Å². The van der Waals surface area contributed by atoms with Gasteiger partial charge in [-0.05, 0) is 68.6 Å². The minimum atomic E-state index is -0.966. The summed E-state index contributed by atoms with van der Waals surface area (Å²) in [5, 5.41) is 16.7. The molecule has 1 aromatic rings. The molecule has 0 aromatic carbocycles. The van der Waals surface area contributed by atoms with E-state index in [1.54, 1.807) is 23.9 Å². The lowest BCUT2D eigenvalue weighted by molar-refractivity contribution is -0.132. The van der Waals surface area contributed by atoms with E-state index in [0.717, 1.165) is 11.8 Å². The van der Waals surface area contributed by atoms with Crippen LogP contribution in [-0.2, 0) is 11.3 Å². The van der Waals surface area contributed by atoms with Crippen molar-refractivity contribution in [2.45, 2.75) is 65.5 Å². The van der Waals surface area contributed by atoms with Crippen LogP contribution in [0.1, 0.15) is 63.2 Å². The van der Waals surface area contributed by atoms with Crippen molar-refractivity contribution in [2.75, 3.05) is 6.61 Å². The molecule has 4 aliphatic rings. The molecule has 0 radical (unpaired) electrons. The maximum atomic E-state index is 13.2. The summed E-state index contributed by atoms with van der Waals surface area (Å²) in [6.07, 6.45) is 9.49. The van der Waals surface area contributed by atoms with Crippen LogP contribution in [0.25, 0.3) is 0 Å². The number of amides is 1. The highest BCUT2D eigenvalue weighted by Crippen LogP contribution is 2.53. The first kappa shape index (κ1) is 20.9. The molecule has 5 rings (SSSR count). The lowest BCUT2D eigenvalue weighted by Crippen LogP contribution is -2.55. The molecule has 0 saturated heterocycles. The summed E-state index contributed by atoms with van der Waals surface area (Å²) >= 11 is 0. The van der Waals surface area contributed by atoms with Gasteiger partial charge >= 0.3 is 5.97 Å². The van der Waals surface area contributed by atoms with Crippen molar-refractivity contribution in [3.05, 3.63) is 23.4 Å². The van der Waals surface area contributed by atoms with Gasteiger partial charge in [0.2, 0.25) is 5.88 Å². The van der Waals surface area contributed by atoms with Crippen molar-refractivity contribution in [2.24, 2.45) is 29.6 Å². The van der Waals surface area contributed by atoms with E-state index in [1.165, 1.54) is 32.1 Å². The summed E-state index contributed by atoms with van der Waals surface area (Å²) < 4.78 is 7.52. The number of carbonyl (C=O) groups is 2. The first-order valence-electron chi connectivity index (χ1n) is 11.2. The molecular formula is C23H33N3O4. The molecule has 0 unspecified atom stereocenters. The highest BCUT2D eigenvalue weighted by atomic mass is 16.5. The van der Waals surface area contributed by atoms with Gasteiger partial charge in [0.05, 0.1) is 19.3 Å². The van der Waals surface area contributed by atoms with Gasteiger partial charge in [0, 0.05) is 11.6 Å². The average Bonchev–Trinajstić information content (AvgIpc) is 3.09. The Morgan fingerprint density at radius 3 is 2.43 bits per heavy atom. The molecule has 1 aromatic heterocycles. The topological polar surface area (TPSA) is 93.5 Å². The van der Waals surface area contributed by atoms with Gasteiger partial charge in [-0.1, -0.05) is 19.9 Å². The van der Waals surface area contributed by atoms with Gasteiger partial charge in [-0.15, -0.1) is 0 Å². The van der Waals surface area contributed by atoms with E-state index in [2.05, 4.69) is 10.4 Å². The van der Waals surface area contributed by atoms with Gasteiger partial charge in [0.1, 0.15) is 5.56 Å². The number of carboxylic acids is 1. The molecule has 4 aliphatic carbocycles. The fourth-order valence-electron chi connectivity index (χ4n) is 5.76. The monoisotopic (exact) mass is 415 g/mol. The SMILES string of the molecule is CC(=CCn1ncc(C(=O)NC2C3CC4CC(C3)CC2C4)c1OCC(C)C)C(=O)O. The molecule has 7 nitrogen and oxygen atoms in total. The summed E-state index contributed by atoms with van der Waals surface area (Å²) in [6, 6.07) is 0.251. The smallest absolute Gasteiger partial charge is 0.331 e. The maximum absolute atomic E-state index is 13.2. The number of carboxylic acid groups (broad SMARTS) is 1. The predicted molar refractivity (Wildman–Crippen MR) is 112 cm³/mol. The number of nitrogens with one attached hydrogen (secondary N) is 1. The van der Waals surface area contributed by atoms with Crippen LogP contribution in [-0.4, -0.2) is 39.4 Å². The van der Waals surface area contributed by atoms with E-state index in [-0.39, 0.29) is 24.1 Å². The lowest BCUT2D eigenvalue weighted by atomic mass is 9.54. The normalized spacial score (nSPS) is 30.0. The standard InChI is InChI=1S/C23H33N3O4/c1-13(2)12-30-22-19(11-24-26(22)5-4-14(3)23(28)29)21(27)25-20-17-7-15-6-16(9-17)10-18(20)8-15/h4,11,13,15-18,20H,5-10,12H2,1-3H3,(H,25,27)(H,28,29). The number of allylic oxidation sites excluding steroid dienone is 1. The van der Waals surface area contributed by atoms with Crippen LogP contribution in [0.5, 0.6) is 5.88 Å². The van der Waals surface area contributed by atoms with Crippen molar-refractivity contribution in [3.8, 4) is 5.88 Å². The number of ether oxygens (including phenoxy) is 1. The van der Waals surface area contributed by atoms with Crippen molar-refractivity contribution in [1.82, 2.24) is 15.1 Å². The Morgan fingerprint density at radius 2 is 1.87 bits per heavy atom. The van der Waals surface area contributed by atoms with E-state index in [4.69, 9.17) is 9.84 Å². The third-order valence-corrected chi connectivity index (χ3v) is 7.02. The summed E-state index contributed by atoms with van der Waals surface area (Å²) in [7, 11) is 0. The summed E-state index contributed by atoms with van der Waals surface area (Å²) in [6.45, 7) is 6.34. The second-order valence-electron chi connectivity index (χ2n) is 9.87. The zero-order valence-corrected chi connectivity index (χ0v) is 18.1. The quantitative estimate of drug-likeness (QED) is 0.634. The number of aromatic nitrogens is 2. The van der Waals surface area contributed by atoms with Crippen LogP contribution in [0.15, 0.2) is 17.8 Å². The molecule has 4 fully saturated rings. The predicted octanol–water partition coefficient (Wildman–Crippen LogP) is 3.50. The van der Waals surface area contributed by atoms with Gasteiger partial charge in [-0.2, -0.15) is 5.10 Å². The van der Waals surface area contributed by atoms with Crippen LogP contribution in [0.2, 0.25) is 0 Å². The first-order chi connectivity index (χ1) is 14.3. The summed E-state index contributed by atoms with van der Waals surface area (Å²) in [5.74, 6) is 2.53. The molecule has 1 heterocycles. The molecule has 0 spiro atoms. The van der Waals surface area contributed by atoms with Gasteiger partial charge < -0.3 is 15.2 Å². The first-order valence-corrected chi connectivity index (χ1v) is 11.2. The van der Waals surface area contributed by atoms with Crippen molar-refractivity contribution >= 4 is 11.9 Å². The van der Waals surface area contributed by atoms with E-state index in [9.17, 15) is 9.59 Å². The largest absolute Gasteiger partial charge is 0.478 e. The number of nitrogens with zero attached hydrogens (tertiary/aromatic N) is 2. The number of hydrogen-bond acceptors (Lipinski definition) is 4. The fraction of sp³-hybridized carbons (Fsp3) is 0.696. The van der Waals surface area contributed by atoms with Crippen molar-refractivity contribution in [3.63, 3.8) is 0 Å². The summed E-state index contributed by atoms with van der Waals surface area (Å²) in [4.78, 5) is 24.3. The zero-order chi connectivity index (χ0) is 21.4. The Balaban J connectivity index is 1.51. The third kappa shape index (κ3) is 4.25. The van der Waals surface area contributed by atoms with Crippen LogP contribution < -0.4 is 10.1 Å². The molecule has 30 heavy (non-hydrogen) atoms. The third-order valence-electron chi connectivity index (χ3n) is 7.02. The Bertz CT molecular complexity index is 814. The Hall–Kier alpha value is -2.31.